The summed E-state index contributed by atoms with van der Waals surface area (Å²) in [5.41, 5.74) is 6.34. The molecular weight excluding hydrogens is 220 g/mol. The Labute approximate surface area is 100 Å². The SMILES string of the molecule is Cc1ccc([N+](=O)[O-])c(NC(CN)C(C)C)n1. The van der Waals surface area contributed by atoms with Crippen molar-refractivity contribution in [1.82, 2.24) is 4.98 Å². The Hall–Kier alpha value is -1.69. The first-order valence-corrected chi connectivity index (χ1v) is 5.54. The number of nitro groups is 1. The van der Waals surface area contributed by atoms with Crippen LogP contribution in [0.5, 0.6) is 0 Å². The van der Waals surface area contributed by atoms with E-state index >= 15 is 0 Å². The van der Waals surface area contributed by atoms with Gasteiger partial charge in [-0.1, -0.05) is 13.8 Å². The Morgan fingerprint density at radius 3 is 2.65 bits per heavy atom. The minimum atomic E-state index is -0.442. The summed E-state index contributed by atoms with van der Waals surface area (Å²) >= 11 is 0. The third-order valence-corrected chi connectivity index (χ3v) is 2.59. The van der Waals surface area contributed by atoms with Crippen LogP contribution in [0.4, 0.5) is 11.5 Å². The van der Waals surface area contributed by atoms with Gasteiger partial charge in [0, 0.05) is 24.3 Å². The number of hydrogen-bond acceptors (Lipinski definition) is 5. The van der Waals surface area contributed by atoms with Crippen molar-refractivity contribution >= 4 is 11.5 Å². The van der Waals surface area contributed by atoms with Gasteiger partial charge in [0.1, 0.15) is 0 Å². The highest BCUT2D eigenvalue weighted by Gasteiger charge is 2.19. The van der Waals surface area contributed by atoms with E-state index in [-0.39, 0.29) is 17.6 Å². The molecule has 6 heteroatoms. The van der Waals surface area contributed by atoms with Gasteiger partial charge in [0.15, 0.2) is 0 Å². The first-order valence-electron chi connectivity index (χ1n) is 5.54. The molecule has 0 aliphatic carbocycles. The van der Waals surface area contributed by atoms with Gasteiger partial charge in [0.25, 0.3) is 0 Å². The fourth-order valence-electron chi connectivity index (χ4n) is 1.48. The van der Waals surface area contributed by atoms with Crippen LogP contribution < -0.4 is 11.1 Å². The Morgan fingerprint density at radius 2 is 2.18 bits per heavy atom. The monoisotopic (exact) mass is 238 g/mol. The van der Waals surface area contributed by atoms with Crippen molar-refractivity contribution in [3.05, 3.63) is 27.9 Å². The second-order valence-corrected chi connectivity index (χ2v) is 4.31. The van der Waals surface area contributed by atoms with E-state index < -0.39 is 4.92 Å². The Kier molecular flexibility index (Phi) is 4.39. The number of pyridine rings is 1. The standard InChI is InChI=1S/C11H18N4O2/c1-7(2)9(6-12)14-11-10(15(16)17)5-4-8(3)13-11/h4-5,7,9H,6,12H2,1-3H3,(H,13,14). The molecule has 1 aromatic heterocycles. The van der Waals surface area contributed by atoms with Gasteiger partial charge in [-0.15, -0.1) is 0 Å². The molecule has 0 spiro atoms. The molecule has 0 aliphatic heterocycles. The van der Waals surface area contributed by atoms with Crippen LogP contribution in [0, 0.1) is 23.0 Å². The molecule has 0 saturated carbocycles. The van der Waals surface area contributed by atoms with Crippen molar-refractivity contribution in [2.45, 2.75) is 26.8 Å². The van der Waals surface area contributed by atoms with Gasteiger partial charge in [-0.3, -0.25) is 10.1 Å². The summed E-state index contributed by atoms with van der Waals surface area (Å²) in [6.45, 7) is 6.21. The van der Waals surface area contributed by atoms with Crippen molar-refractivity contribution in [3.63, 3.8) is 0 Å². The smallest absolute Gasteiger partial charge is 0.311 e. The van der Waals surface area contributed by atoms with Crippen molar-refractivity contribution in [1.29, 1.82) is 0 Å². The first-order chi connectivity index (χ1) is 7.95. The molecule has 0 bridgehead atoms. The highest BCUT2D eigenvalue weighted by molar-refractivity contribution is 5.56. The van der Waals surface area contributed by atoms with E-state index in [4.69, 9.17) is 5.73 Å². The van der Waals surface area contributed by atoms with Crippen molar-refractivity contribution in [2.75, 3.05) is 11.9 Å². The molecule has 0 fully saturated rings. The van der Waals surface area contributed by atoms with Crippen LogP contribution >= 0.6 is 0 Å². The molecule has 3 N–H and O–H groups in total. The molecule has 1 atom stereocenters. The van der Waals surface area contributed by atoms with E-state index in [1.807, 2.05) is 13.8 Å². The summed E-state index contributed by atoms with van der Waals surface area (Å²) < 4.78 is 0. The molecule has 0 saturated heterocycles. The second-order valence-electron chi connectivity index (χ2n) is 4.31. The van der Waals surface area contributed by atoms with Crippen LogP contribution in [0.15, 0.2) is 12.1 Å². The number of rotatable bonds is 5. The summed E-state index contributed by atoms with van der Waals surface area (Å²) in [6, 6.07) is 3.05. The van der Waals surface area contributed by atoms with E-state index in [0.717, 1.165) is 5.69 Å². The fraction of sp³-hybridized carbons (Fsp3) is 0.545. The number of nitrogens with one attached hydrogen (secondary N) is 1. The van der Waals surface area contributed by atoms with Crippen LogP contribution in [-0.2, 0) is 0 Å². The van der Waals surface area contributed by atoms with Gasteiger partial charge in [0.2, 0.25) is 5.82 Å². The number of hydrogen-bond donors (Lipinski definition) is 2. The lowest BCUT2D eigenvalue weighted by Crippen LogP contribution is -2.34. The average Bonchev–Trinajstić information content (AvgIpc) is 2.25. The summed E-state index contributed by atoms with van der Waals surface area (Å²) in [6.07, 6.45) is 0. The zero-order valence-electron chi connectivity index (χ0n) is 10.3. The predicted molar refractivity (Wildman–Crippen MR) is 66.9 cm³/mol. The molecule has 0 amide bonds. The van der Waals surface area contributed by atoms with E-state index in [2.05, 4.69) is 10.3 Å². The van der Waals surface area contributed by atoms with Gasteiger partial charge in [-0.05, 0) is 18.9 Å². The molecule has 1 aromatic rings. The largest absolute Gasteiger partial charge is 0.360 e. The van der Waals surface area contributed by atoms with E-state index in [9.17, 15) is 10.1 Å². The third-order valence-electron chi connectivity index (χ3n) is 2.59. The van der Waals surface area contributed by atoms with Crippen molar-refractivity contribution in [3.8, 4) is 0 Å². The quantitative estimate of drug-likeness (QED) is 0.601. The minimum absolute atomic E-state index is 0.0188. The first kappa shape index (κ1) is 13.4. The number of anilines is 1. The normalized spacial score (nSPS) is 12.5. The number of nitrogens with two attached hydrogens (primary N) is 1. The number of aryl methyl sites for hydroxylation is 1. The maximum Gasteiger partial charge on any atom is 0.311 e. The second kappa shape index (κ2) is 5.58. The van der Waals surface area contributed by atoms with Gasteiger partial charge >= 0.3 is 5.69 Å². The molecule has 1 unspecified atom stereocenters. The highest BCUT2D eigenvalue weighted by atomic mass is 16.6. The Balaban J connectivity index is 3.03. The minimum Gasteiger partial charge on any atom is -0.360 e. The zero-order chi connectivity index (χ0) is 13.0. The molecule has 1 heterocycles. The summed E-state index contributed by atoms with van der Waals surface area (Å²) in [7, 11) is 0. The predicted octanol–water partition coefficient (Wildman–Crippen LogP) is 1.69. The molecule has 0 aliphatic rings. The molecule has 0 aromatic carbocycles. The van der Waals surface area contributed by atoms with E-state index in [1.54, 1.807) is 13.0 Å². The van der Waals surface area contributed by atoms with Crippen LogP contribution in [-0.4, -0.2) is 22.5 Å². The molecule has 94 valence electrons. The average molecular weight is 238 g/mol. The molecule has 17 heavy (non-hydrogen) atoms. The van der Waals surface area contributed by atoms with Crippen LogP contribution in [0.2, 0.25) is 0 Å². The Morgan fingerprint density at radius 1 is 1.53 bits per heavy atom. The summed E-state index contributed by atoms with van der Waals surface area (Å²) in [5.74, 6) is 0.570. The Bertz CT molecular complexity index is 406. The van der Waals surface area contributed by atoms with Gasteiger partial charge in [0.05, 0.1) is 4.92 Å². The lowest BCUT2D eigenvalue weighted by Gasteiger charge is -2.21. The van der Waals surface area contributed by atoms with E-state index in [1.165, 1.54) is 6.07 Å². The van der Waals surface area contributed by atoms with Crippen molar-refractivity contribution < 1.29 is 4.92 Å². The zero-order valence-corrected chi connectivity index (χ0v) is 10.3. The molecular formula is C11H18N4O2. The molecule has 1 rings (SSSR count). The van der Waals surface area contributed by atoms with E-state index in [0.29, 0.717) is 12.4 Å². The number of nitrogens with zero attached hydrogens (tertiary/aromatic N) is 2. The lowest BCUT2D eigenvalue weighted by molar-refractivity contribution is -0.384. The molecule has 0 radical (unpaired) electrons. The van der Waals surface area contributed by atoms with Gasteiger partial charge in [-0.25, -0.2) is 4.98 Å². The van der Waals surface area contributed by atoms with Crippen LogP contribution in [0.3, 0.4) is 0 Å². The number of aromatic nitrogens is 1. The molecule has 6 nitrogen and oxygen atoms in total. The maximum absolute atomic E-state index is 10.9. The van der Waals surface area contributed by atoms with Gasteiger partial charge < -0.3 is 11.1 Å². The van der Waals surface area contributed by atoms with Crippen LogP contribution in [0.25, 0.3) is 0 Å². The third kappa shape index (κ3) is 3.39. The topological polar surface area (TPSA) is 94.1 Å². The van der Waals surface area contributed by atoms with Crippen molar-refractivity contribution in [2.24, 2.45) is 11.7 Å². The van der Waals surface area contributed by atoms with Gasteiger partial charge in [-0.2, -0.15) is 0 Å². The van der Waals surface area contributed by atoms with Crippen LogP contribution in [0.1, 0.15) is 19.5 Å². The summed E-state index contributed by atoms with van der Waals surface area (Å²) in [5, 5.41) is 13.9. The fourth-order valence-corrected chi connectivity index (χ4v) is 1.48. The lowest BCUT2D eigenvalue weighted by atomic mass is 10.0. The highest BCUT2D eigenvalue weighted by Crippen LogP contribution is 2.23. The summed E-state index contributed by atoms with van der Waals surface area (Å²) in [4.78, 5) is 14.6. The maximum atomic E-state index is 10.9.